The minimum absolute atomic E-state index is 0.109. The quantitative estimate of drug-likeness (QED) is 0.279. The fourth-order valence-corrected chi connectivity index (χ4v) is 5.27. The van der Waals surface area contributed by atoms with Gasteiger partial charge >= 0.3 is 6.18 Å². The molecule has 37 heavy (non-hydrogen) atoms. The number of halogens is 3. The molecule has 2 heterocycles. The van der Waals surface area contributed by atoms with Gasteiger partial charge in [0.25, 0.3) is 5.69 Å². The number of carbonyl (C=O) groups is 1. The maximum Gasteiger partial charge on any atom is 0.422 e. The van der Waals surface area contributed by atoms with Crippen molar-refractivity contribution in [3.05, 3.63) is 76.0 Å². The highest BCUT2D eigenvalue weighted by Crippen LogP contribution is 2.45. The van der Waals surface area contributed by atoms with Crippen LogP contribution in [0.15, 0.2) is 54.7 Å². The molecule has 0 radical (unpaired) electrons. The lowest BCUT2D eigenvalue weighted by molar-refractivity contribution is -0.384. The van der Waals surface area contributed by atoms with Crippen molar-refractivity contribution < 1.29 is 28.0 Å². The van der Waals surface area contributed by atoms with Crippen LogP contribution in [0.4, 0.5) is 18.9 Å². The van der Waals surface area contributed by atoms with E-state index < -0.39 is 28.8 Å². The van der Waals surface area contributed by atoms with E-state index in [1.165, 1.54) is 22.9 Å². The molecule has 5 rings (SSSR count). The van der Waals surface area contributed by atoms with Crippen LogP contribution in [0.2, 0.25) is 0 Å². The third-order valence-electron chi connectivity index (χ3n) is 7.62. The van der Waals surface area contributed by atoms with Crippen LogP contribution in [0.25, 0.3) is 10.9 Å². The van der Waals surface area contributed by atoms with Crippen molar-refractivity contribution in [2.75, 3.05) is 32.7 Å². The summed E-state index contributed by atoms with van der Waals surface area (Å²) in [5, 5.41) is 22.8. The van der Waals surface area contributed by atoms with Crippen LogP contribution in [0, 0.1) is 10.1 Å². The Kier molecular flexibility index (Phi) is 6.33. The van der Waals surface area contributed by atoms with Gasteiger partial charge in [-0.2, -0.15) is 13.2 Å². The monoisotopic (exact) mass is 516 g/mol. The van der Waals surface area contributed by atoms with Gasteiger partial charge in [-0.3, -0.25) is 19.9 Å². The average Bonchev–Trinajstić information content (AvgIpc) is 3.60. The van der Waals surface area contributed by atoms with E-state index >= 15 is 0 Å². The van der Waals surface area contributed by atoms with Gasteiger partial charge in [0.1, 0.15) is 6.29 Å². The molecule has 1 unspecified atom stereocenters. The van der Waals surface area contributed by atoms with E-state index in [0.717, 1.165) is 30.8 Å². The standard InChI is InChI=1S/C26H27F3N4O4/c27-26(28,29)25(35,17-30-10-12-32(13-11-30)24(18-34)8-9-24)22-16-31(15-19-4-2-1-3-5-19)23-14-20(33(36)37)6-7-21(22)23/h1-7,14,16,18,35H,8-13,15,17H2. The number of benzene rings is 2. The molecular formula is C26H27F3N4O4. The fourth-order valence-electron chi connectivity index (χ4n) is 5.27. The molecule has 1 atom stereocenters. The van der Waals surface area contributed by atoms with Crippen LogP contribution in [0.3, 0.4) is 0 Å². The number of aliphatic hydroxyl groups is 1. The van der Waals surface area contributed by atoms with E-state index in [4.69, 9.17) is 0 Å². The number of piperazine rings is 1. The predicted molar refractivity (Wildman–Crippen MR) is 130 cm³/mol. The number of hydrogen-bond acceptors (Lipinski definition) is 6. The van der Waals surface area contributed by atoms with Gasteiger partial charge in [0.15, 0.2) is 0 Å². The van der Waals surface area contributed by atoms with Crippen LogP contribution in [-0.4, -0.2) is 75.1 Å². The predicted octanol–water partition coefficient (Wildman–Crippen LogP) is 3.70. The van der Waals surface area contributed by atoms with Crippen LogP contribution in [0.5, 0.6) is 0 Å². The highest BCUT2D eigenvalue weighted by molar-refractivity contribution is 5.87. The molecule has 0 spiro atoms. The number of aromatic nitrogens is 1. The van der Waals surface area contributed by atoms with Crippen LogP contribution >= 0.6 is 0 Å². The number of hydrogen-bond donors (Lipinski definition) is 1. The Morgan fingerprint density at radius 2 is 1.73 bits per heavy atom. The summed E-state index contributed by atoms with van der Waals surface area (Å²) in [6.45, 7) is 0.937. The molecular weight excluding hydrogens is 489 g/mol. The summed E-state index contributed by atoms with van der Waals surface area (Å²) in [5.74, 6) is 0. The lowest BCUT2D eigenvalue weighted by Gasteiger charge is -2.41. The zero-order chi connectivity index (χ0) is 26.4. The first-order valence-electron chi connectivity index (χ1n) is 12.1. The molecule has 2 fully saturated rings. The lowest BCUT2D eigenvalue weighted by atomic mass is 9.91. The smallest absolute Gasteiger partial charge is 0.375 e. The molecule has 0 bridgehead atoms. The second-order valence-electron chi connectivity index (χ2n) is 9.96. The number of carbonyl (C=O) groups excluding carboxylic acids is 1. The van der Waals surface area contributed by atoms with Crippen molar-refractivity contribution >= 4 is 22.9 Å². The number of β-amino-alcohol motifs (C(OH)–C–C–N with tert-alkyl or cyclic N) is 1. The highest BCUT2D eigenvalue weighted by atomic mass is 19.4. The molecule has 3 aromatic rings. The van der Waals surface area contributed by atoms with Crippen molar-refractivity contribution in [1.29, 1.82) is 0 Å². The Bertz CT molecular complexity index is 1310. The second kappa shape index (κ2) is 9.23. The minimum atomic E-state index is -5.00. The van der Waals surface area contributed by atoms with Crippen LogP contribution in [0.1, 0.15) is 24.0 Å². The van der Waals surface area contributed by atoms with Gasteiger partial charge in [0.2, 0.25) is 5.60 Å². The zero-order valence-corrected chi connectivity index (χ0v) is 20.0. The van der Waals surface area contributed by atoms with Crippen LogP contribution in [-0.2, 0) is 16.9 Å². The summed E-state index contributed by atoms with van der Waals surface area (Å²) in [5.41, 5.74) is -3.23. The van der Waals surface area contributed by atoms with Crippen molar-refractivity contribution in [2.24, 2.45) is 0 Å². The summed E-state index contributed by atoms with van der Waals surface area (Å²) in [6.07, 6.45) is -1.30. The SMILES string of the molecule is O=CC1(N2CCN(CC(O)(c3cn(Cc4ccccc4)c4cc([N+](=O)[O-])ccc34)C(F)(F)F)CC2)CC1. The Labute approximate surface area is 211 Å². The topological polar surface area (TPSA) is 91.8 Å². The van der Waals surface area contributed by atoms with E-state index in [2.05, 4.69) is 0 Å². The van der Waals surface area contributed by atoms with Crippen molar-refractivity contribution in [3.63, 3.8) is 0 Å². The van der Waals surface area contributed by atoms with Gasteiger partial charge in [-0.15, -0.1) is 0 Å². The van der Waals surface area contributed by atoms with Crippen molar-refractivity contribution in [1.82, 2.24) is 14.4 Å². The minimum Gasteiger partial charge on any atom is -0.375 e. The number of nitro benzene ring substituents is 1. The lowest BCUT2D eigenvalue weighted by Crippen LogP contribution is -2.57. The summed E-state index contributed by atoms with van der Waals surface area (Å²) in [7, 11) is 0. The van der Waals surface area contributed by atoms with Gasteiger partial charge < -0.3 is 14.5 Å². The normalized spacial score (nSPS) is 20.0. The van der Waals surface area contributed by atoms with E-state index in [9.17, 15) is 33.2 Å². The number of non-ortho nitro benzene ring substituents is 1. The van der Waals surface area contributed by atoms with Gasteiger partial charge in [0, 0.05) is 68.5 Å². The van der Waals surface area contributed by atoms with Crippen LogP contribution < -0.4 is 0 Å². The molecule has 2 aliphatic rings. The van der Waals surface area contributed by atoms with Gasteiger partial charge in [-0.1, -0.05) is 30.3 Å². The molecule has 8 nitrogen and oxygen atoms in total. The molecule has 1 saturated carbocycles. The van der Waals surface area contributed by atoms with E-state index in [1.54, 1.807) is 17.0 Å². The largest absolute Gasteiger partial charge is 0.422 e. The Hall–Kier alpha value is -3.28. The summed E-state index contributed by atoms with van der Waals surface area (Å²) in [4.78, 5) is 25.8. The van der Waals surface area contributed by atoms with Crippen molar-refractivity contribution in [3.8, 4) is 0 Å². The molecule has 0 amide bonds. The number of rotatable bonds is 8. The molecule has 11 heteroatoms. The molecule has 1 aromatic heterocycles. The molecule has 2 aromatic carbocycles. The Balaban J connectivity index is 1.51. The third kappa shape index (κ3) is 4.62. The molecule has 1 saturated heterocycles. The number of aldehydes is 1. The maximum atomic E-state index is 14.6. The average molecular weight is 517 g/mol. The molecule has 1 aliphatic carbocycles. The molecule has 1 aliphatic heterocycles. The number of nitrogens with zero attached hydrogens (tertiary/aromatic N) is 4. The van der Waals surface area contributed by atoms with E-state index in [1.807, 2.05) is 23.1 Å². The summed E-state index contributed by atoms with van der Waals surface area (Å²) in [6, 6.07) is 12.7. The van der Waals surface area contributed by atoms with Crippen molar-refractivity contribution in [2.45, 2.75) is 36.7 Å². The first-order valence-corrected chi connectivity index (χ1v) is 12.1. The van der Waals surface area contributed by atoms with Gasteiger partial charge in [-0.25, -0.2) is 0 Å². The molecule has 196 valence electrons. The van der Waals surface area contributed by atoms with E-state index in [0.29, 0.717) is 13.1 Å². The molecule has 1 N–H and O–H groups in total. The number of nitro groups is 1. The Morgan fingerprint density at radius 3 is 2.30 bits per heavy atom. The second-order valence-corrected chi connectivity index (χ2v) is 9.96. The highest BCUT2D eigenvalue weighted by Gasteiger charge is 2.57. The zero-order valence-electron chi connectivity index (χ0n) is 20.0. The van der Waals surface area contributed by atoms with Gasteiger partial charge in [-0.05, 0) is 24.5 Å². The third-order valence-corrected chi connectivity index (χ3v) is 7.62. The van der Waals surface area contributed by atoms with E-state index in [-0.39, 0.29) is 41.8 Å². The summed E-state index contributed by atoms with van der Waals surface area (Å²) < 4.78 is 45.3. The Morgan fingerprint density at radius 1 is 1.05 bits per heavy atom. The first kappa shape index (κ1) is 25.4. The van der Waals surface area contributed by atoms with Gasteiger partial charge in [0.05, 0.1) is 16.0 Å². The number of alkyl halides is 3. The maximum absolute atomic E-state index is 14.6. The number of fused-ring (bicyclic) bond motifs is 1. The summed E-state index contributed by atoms with van der Waals surface area (Å²) >= 11 is 0. The first-order chi connectivity index (χ1) is 17.6. The fraction of sp³-hybridized carbons (Fsp3) is 0.423.